The minimum atomic E-state index is -0.670. The van der Waals surface area contributed by atoms with Gasteiger partial charge in [0, 0.05) is 12.0 Å². The zero-order valence-electron chi connectivity index (χ0n) is 16.3. The molecule has 0 saturated heterocycles. The molecule has 0 spiro atoms. The molecule has 3 heteroatoms. The molecule has 0 atom stereocenters. The van der Waals surface area contributed by atoms with E-state index in [-0.39, 0.29) is 5.54 Å². The summed E-state index contributed by atoms with van der Waals surface area (Å²) < 4.78 is 0. The minimum absolute atomic E-state index is 0.0451. The molecule has 0 unspecified atom stereocenters. The average molecular weight is 330 g/mol. The highest BCUT2D eigenvalue weighted by molar-refractivity contribution is 5.66. The first-order chi connectivity index (χ1) is 10.8. The first kappa shape index (κ1) is 24.7. The van der Waals surface area contributed by atoms with Crippen molar-refractivity contribution in [1.82, 2.24) is 0 Å². The number of carboxylic acids is 1. The Morgan fingerprint density at radius 3 is 1.57 bits per heavy atom. The van der Waals surface area contributed by atoms with Crippen LogP contribution in [0.15, 0.2) is 0 Å². The van der Waals surface area contributed by atoms with Crippen molar-refractivity contribution in [3.8, 4) is 0 Å². The quantitative estimate of drug-likeness (QED) is 0.368. The summed E-state index contributed by atoms with van der Waals surface area (Å²) in [5, 5.41) is 8.27. The van der Waals surface area contributed by atoms with E-state index in [4.69, 9.17) is 10.8 Å². The topological polar surface area (TPSA) is 63.3 Å². The van der Waals surface area contributed by atoms with Crippen molar-refractivity contribution in [3.05, 3.63) is 0 Å². The van der Waals surface area contributed by atoms with Gasteiger partial charge >= 0.3 is 5.97 Å². The molecule has 0 rings (SSSR count). The van der Waals surface area contributed by atoms with Crippen LogP contribution in [0, 0.1) is 0 Å². The Balaban J connectivity index is 0. The minimum Gasteiger partial charge on any atom is -0.481 e. The lowest BCUT2D eigenvalue weighted by atomic mass is 9.97. The van der Waals surface area contributed by atoms with E-state index in [9.17, 15) is 4.79 Å². The van der Waals surface area contributed by atoms with Crippen LogP contribution in [0.4, 0.5) is 0 Å². The Labute approximate surface area is 145 Å². The molecule has 3 N–H and O–H groups in total. The van der Waals surface area contributed by atoms with Gasteiger partial charge in [-0.3, -0.25) is 4.79 Å². The Morgan fingerprint density at radius 2 is 1.17 bits per heavy atom. The van der Waals surface area contributed by atoms with E-state index >= 15 is 0 Å². The van der Waals surface area contributed by atoms with Crippen molar-refractivity contribution < 1.29 is 9.90 Å². The molecule has 0 aliphatic heterocycles. The first-order valence-corrected chi connectivity index (χ1v) is 9.84. The van der Waals surface area contributed by atoms with Gasteiger partial charge in [-0.05, 0) is 26.7 Å². The Kier molecular flexibility index (Phi) is 19.1. The van der Waals surface area contributed by atoms with Crippen LogP contribution in [-0.2, 0) is 4.79 Å². The average Bonchev–Trinajstić information content (AvgIpc) is 2.45. The van der Waals surface area contributed by atoms with E-state index in [2.05, 4.69) is 27.7 Å². The maximum Gasteiger partial charge on any atom is 0.303 e. The van der Waals surface area contributed by atoms with Crippen molar-refractivity contribution in [2.45, 2.75) is 123 Å². The molecule has 0 heterocycles. The molecule has 140 valence electrons. The number of hydrogen-bond donors (Lipinski definition) is 2. The van der Waals surface area contributed by atoms with Crippen LogP contribution in [0.3, 0.4) is 0 Å². The Hall–Kier alpha value is -0.570. The monoisotopic (exact) mass is 329 g/mol. The lowest BCUT2D eigenvalue weighted by molar-refractivity contribution is -0.137. The van der Waals surface area contributed by atoms with E-state index in [1.807, 2.05) is 0 Å². The predicted octanol–water partition coefficient (Wildman–Crippen LogP) is 6.30. The Bertz CT molecular complexity index is 247. The molecule has 0 bridgehead atoms. The maximum atomic E-state index is 10.0. The highest BCUT2D eigenvalue weighted by atomic mass is 16.4. The molecule has 3 nitrogen and oxygen atoms in total. The van der Waals surface area contributed by atoms with Gasteiger partial charge in [0.2, 0.25) is 0 Å². The maximum absolute atomic E-state index is 10.0. The van der Waals surface area contributed by atoms with Crippen molar-refractivity contribution >= 4 is 5.97 Å². The summed E-state index contributed by atoms with van der Waals surface area (Å²) in [5.74, 6) is -0.670. The van der Waals surface area contributed by atoms with E-state index in [1.165, 1.54) is 70.6 Å². The molecule has 0 amide bonds. The zero-order chi connectivity index (χ0) is 18.0. The van der Waals surface area contributed by atoms with Gasteiger partial charge in [-0.1, -0.05) is 84.5 Å². The third-order valence-electron chi connectivity index (χ3n) is 3.92. The van der Waals surface area contributed by atoms with Crippen LogP contribution in [0.5, 0.6) is 0 Å². The predicted molar refractivity (Wildman–Crippen MR) is 102 cm³/mol. The smallest absolute Gasteiger partial charge is 0.303 e. The second kappa shape index (κ2) is 17.8. The molecule has 0 aliphatic carbocycles. The van der Waals surface area contributed by atoms with E-state index in [1.54, 1.807) is 0 Å². The van der Waals surface area contributed by atoms with Crippen LogP contribution in [0.1, 0.15) is 118 Å². The highest BCUT2D eigenvalue weighted by Crippen LogP contribution is 2.13. The number of hydrogen-bond acceptors (Lipinski definition) is 2. The van der Waals surface area contributed by atoms with Gasteiger partial charge in [-0.2, -0.15) is 0 Å². The van der Waals surface area contributed by atoms with Crippen LogP contribution in [-0.4, -0.2) is 16.6 Å². The van der Waals surface area contributed by atoms with Gasteiger partial charge in [-0.15, -0.1) is 0 Å². The summed E-state index contributed by atoms with van der Waals surface area (Å²) in [7, 11) is 0. The standard InChI is InChI=1S/C12H27N.C8H16O2/c1-4-5-6-7-8-9-10-11-12(2,3)13;1-2-3-4-5-6-7-8(9)10/h4-11,13H2,1-3H3;2-7H2,1H3,(H,9,10). The fourth-order valence-corrected chi connectivity index (χ4v) is 2.42. The van der Waals surface area contributed by atoms with Crippen molar-refractivity contribution in [3.63, 3.8) is 0 Å². The molecule has 0 aromatic carbocycles. The molecule has 23 heavy (non-hydrogen) atoms. The van der Waals surface area contributed by atoms with Crippen LogP contribution in [0.2, 0.25) is 0 Å². The summed E-state index contributed by atoms with van der Waals surface area (Å²) in [6.07, 6.45) is 16.7. The second-order valence-electron chi connectivity index (χ2n) is 7.42. The third-order valence-corrected chi connectivity index (χ3v) is 3.92. The molecule has 0 radical (unpaired) electrons. The summed E-state index contributed by atoms with van der Waals surface area (Å²) >= 11 is 0. The molecule has 0 aliphatic rings. The van der Waals surface area contributed by atoms with E-state index < -0.39 is 5.97 Å². The fourth-order valence-electron chi connectivity index (χ4n) is 2.42. The zero-order valence-corrected chi connectivity index (χ0v) is 16.3. The lowest BCUT2D eigenvalue weighted by Gasteiger charge is -2.17. The highest BCUT2D eigenvalue weighted by Gasteiger charge is 2.08. The number of nitrogens with two attached hydrogens (primary N) is 1. The van der Waals surface area contributed by atoms with Crippen LogP contribution < -0.4 is 5.73 Å². The summed E-state index contributed by atoms with van der Waals surface area (Å²) in [6.45, 7) is 8.64. The normalized spacial score (nSPS) is 11.0. The molecular weight excluding hydrogens is 286 g/mol. The fraction of sp³-hybridized carbons (Fsp3) is 0.950. The molecule has 0 aromatic rings. The first-order valence-electron chi connectivity index (χ1n) is 9.84. The SMILES string of the molecule is CCCCCCCC(=O)O.CCCCCCCCCC(C)(C)N. The van der Waals surface area contributed by atoms with E-state index in [0.29, 0.717) is 6.42 Å². The van der Waals surface area contributed by atoms with Crippen molar-refractivity contribution in [2.75, 3.05) is 0 Å². The van der Waals surface area contributed by atoms with Crippen molar-refractivity contribution in [2.24, 2.45) is 5.73 Å². The van der Waals surface area contributed by atoms with Crippen LogP contribution in [0.25, 0.3) is 0 Å². The second-order valence-corrected chi connectivity index (χ2v) is 7.42. The summed E-state index contributed by atoms with van der Waals surface area (Å²) in [6, 6.07) is 0. The number of unbranched alkanes of at least 4 members (excludes halogenated alkanes) is 10. The largest absolute Gasteiger partial charge is 0.481 e. The molecule has 0 saturated carbocycles. The Morgan fingerprint density at radius 1 is 0.783 bits per heavy atom. The van der Waals surface area contributed by atoms with Gasteiger partial charge in [0.25, 0.3) is 0 Å². The van der Waals surface area contributed by atoms with Crippen LogP contribution >= 0.6 is 0 Å². The number of aliphatic carboxylic acids is 1. The van der Waals surface area contributed by atoms with Gasteiger partial charge in [0.15, 0.2) is 0 Å². The van der Waals surface area contributed by atoms with Gasteiger partial charge in [0.1, 0.15) is 0 Å². The molecule has 0 aromatic heterocycles. The van der Waals surface area contributed by atoms with Crippen molar-refractivity contribution in [1.29, 1.82) is 0 Å². The number of carbonyl (C=O) groups is 1. The summed E-state index contributed by atoms with van der Waals surface area (Å²) in [4.78, 5) is 10.0. The van der Waals surface area contributed by atoms with Gasteiger partial charge in [0.05, 0.1) is 0 Å². The third kappa shape index (κ3) is 30.0. The molecular formula is C20H43NO2. The van der Waals surface area contributed by atoms with E-state index in [0.717, 1.165) is 12.8 Å². The van der Waals surface area contributed by atoms with Gasteiger partial charge in [-0.25, -0.2) is 0 Å². The molecule has 0 fully saturated rings. The number of carboxylic acid groups (broad SMARTS) is 1. The summed E-state index contributed by atoms with van der Waals surface area (Å²) in [5.41, 5.74) is 5.94. The lowest BCUT2D eigenvalue weighted by Crippen LogP contribution is -2.31. The van der Waals surface area contributed by atoms with Gasteiger partial charge < -0.3 is 10.8 Å². The number of rotatable bonds is 14.